The maximum Gasteiger partial charge on any atom is 0.139 e. The lowest BCUT2D eigenvalue weighted by Gasteiger charge is -2.56. The Bertz CT molecular complexity index is 498. The van der Waals surface area contributed by atoms with Gasteiger partial charge < -0.3 is 0 Å². The van der Waals surface area contributed by atoms with E-state index < -0.39 is 0 Å². The summed E-state index contributed by atoms with van der Waals surface area (Å²) in [7, 11) is 0. The van der Waals surface area contributed by atoms with E-state index in [4.69, 9.17) is 0 Å². The van der Waals surface area contributed by atoms with E-state index in [9.17, 15) is 4.79 Å². The first-order valence-electron chi connectivity index (χ1n) is 8.03. The third-order valence-corrected chi connectivity index (χ3v) is 6.60. The van der Waals surface area contributed by atoms with Crippen molar-refractivity contribution in [3.63, 3.8) is 0 Å². The molecule has 4 aliphatic carbocycles. The highest BCUT2D eigenvalue weighted by Crippen LogP contribution is 2.61. The van der Waals surface area contributed by atoms with Crippen LogP contribution in [0, 0.1) is 30.1 Å². The monoisotopic (exact) mass is 289 g/mol. The number of nitrogens with zero attached hydrogens (tertiary/aromatic N) is 1. The molecule has 0 N–H and O–H groups in total. The first kappa shape index (κ1) is 13.0. The second kappa shape index (κ2) is 4.66. The molecule has 108 valence electrons. The molecule has 0 spiro atoms. The van der Waals surface area contributed by atoms with E-state index in [-0.39, 0.29) is 0 Å². The van der Waals surface area contributed by atoms with Crippen LogP contribution in [0.1, 0.15) is 55.6 Å². The zero-order valence-electron chi connectivity index (χ0n) is 12.2. The molecule has 1 aromatic heterocycles. The van der Waals surface area contributed by atoms with Crippen molar-refractivity contribution in [3.8, 4) is 0 Å². The van der Waals surface area contributed by atoms with Crippen LogP contribution in [0.2, 0.25) is 0 Å². The molecular weight excluding hydrogens is 266 g/mol. The van der Waals surface area contributed by atoms with E-state index in [1.54, 1.807) is 11.3 Å². The Labute approximate surface area is 125 Å². The molecule has 2 nitrogen and oxygen atoms in total. The largest absolute Gasteiger partial charge is 0.299 e. The van der Waals surface area contributed by atoms with E-state index >= 15 is 0 Å². The van der Waals surface area contributed by atoms with E-state index in [1.165, 1.54) is 38.5 Å². The molecule has 0 unspecified atom stereocenters. The molecule has 4 fully saturated rings. The molecule has 1 heterocycles. The normalized spacial score (nSPS) is 38.4. The van der Waals surface area contributed by atoms with E-state index in [0.29, 0.717) is 17.6 Å². The number of aryl methyl sites for hydroxylation is 1. The van der Waals surface area contributed by atoms with Gasteiger partial charge in [0.25, 0.3) is 0 Å². The second-order valence-electron chi connectivity index (χ2n) is 7.67. The van der Waals surface area contributed by atoms with Crippen molar-refractivity contribution in [1.82, 2.24) is 4.98 Å². The lowest BCUT2D eigenvalue weighted by Crippen LogP contribution is -2.47. The Balaban J connectivity index is 1.44. The smallest absolute Gasteiger partial charge is 0.139 e. The molecular formula is C17H23NOS. The lowest BCUT2D eigenvalue weighted by atomic mass is 9.48. The van der Waals surface area contributed by atoms with Gasteiger partial charge in [-0.3, -0.25) is 4.79 Å². The molecule has 0 aliphatic heterocycles. The number of rotatable bonds is 4. The van der Waals surface area contributed by atoms with Crippen LogP contribution in [-0.2, 0) is 11.2 Å². The molecule has 20 heavy (non-hydrogen) atoms. The molecule has 4 saturated carbocycles. The third kappa shape index (κ3) is 2.34. The standard InChI is InChI=1S/C17H23NOS/c1-11-18-15(10-20-11)5-16(19)9-17-6-12-2-13(7-17)4-14(3-12)8-17/h10,12-14H,2-9H2,1H3. The number of thiazole rings is 1. The van der Waals surface area contributed by atoms with Gasteiger partial charge in [-0.1, -0.05) is 0 Å². The van der Waals surface area contributed by atoms with Crippen LogP contribution in [0.4, 0.5) is 0 Å². The van der Waals surface area contributed by atoms with E-state index in [0.717, 1.165) is 34.9 Å². The van der Waals surface area contributed by atoms with Gasteiger partial charge in [0.05, 0.1) is 10.7 Å². The molecule has 1 aromatic rings. The Morgan fingerprint density at radius 2 is 1.85 bits per heavy atom. The number of carbonyl (C=O) groups is 1. The molecule has 4 aliphatic rings. The van der Waals surface area contributed by atoms with Crippen molar-refractivity contribution in [2.45, 2.75) is 58.3 Å². The van der Waals surface area contributed by atoms with Crippen molar-refractivity contribution in [2.24, 2.45) is 23.2 Å². The summed E-state index contributed by atoms with van der Waals surface area (Å²) in [6, 6.07) is 0. The minimum atomic E-state index is 0.386. The molecule has 0 atom stereocenters. The summed E-state index contributed by atoms with van der Waals surface area (Å²) in [4.78, 5) is 16.9. The van der Waals surface area contributed by atoms with Crippen LogP contribution in [-0.4, -0.2) is 10.8 Å². The van der Waals surface area contributed by atoms with Crippen molar-refractivity contribution in [3.05, 3.63) is 16.1 Å². The van der Waals surface area contributed by atoms with Crippen LogP contribution in [0.15, 0.2) is 5.38 Å². The van der Waals surface area contributed by atoms with Gasteiger partial charge >= 0.3 is 0 Å². The number of Topliss-reactive ketones (excluding diaryl/α,β-unsaturated/α-hetero) is 1. The molecule has 3 heteroatoms. The van der Waals surface area contributed by atoms with Gasteiger partial charge in [-0.25, -0.2) is 4.98 Å². The van der Waals surface area contributed by atoms with Crippen molar-refractivity contribution < 1.29 is 4.79 Å². The predicted octanol–water partition coefficient (Wildman–Crippen LogP) is 4.17. The van der Waals surface area contributed by atoms with E-state index in [1.807, 2.05) is 12.3 Å². The van der Waals surface area contributed by atoms with Crippen LogP contribution in [0.3, 0.4) is 0 Å². The Morgan fingerprint density at radius 1 is 1.25 bits per heavy atom. The summed E-state index contributed by atoms with van der Waals surface area (Å²) >= 11 is 1.65. The highest BCUT2D eigenvalue weighted by atomic mass is 32.1. The summed E-state index contributed by atoms with van der Waals surface area (Å²) in [6.07, 6.45) is 9.76. The van der Waals surface area contributed by atoms with Gasteiger partial charge in [-0.05, 0) is 68.6 Å². The quantitative estimate of drug-likeness (QED) is 0.832. The summed E-state index contributed by atoms with van der Waals surface area (Å²) in [5.74, 6) is 3.25. The third-order valence-electron chi connectivity index (χ3n) is 5.78. The number of carbonyl (C=O) groups excluding carboxylic acids is 1. The zero-order valence-corrected chi connectivity index (χ0v) is 13.0. The summed E-state index contributed by atoms with van der Waals surface area (Å²) in [5, 5.41) is 3.12. The van der Waals surface area contributed by atoms with Crippen LogP contribution in [0.5, 0.6) is 0 Å². The van der Waals surface area contributed by atoms with Gasteiger partial charge in [0.15, 0.2) is 0 Å². The molecule has 4 bridgehead atoms. The number of ketones is 1. The highest BCUT2D eigenvalue weighted by Gasteiger charge is 2.51. The minimum Gasteiger partial charge on any atom is -0.299 e. The SMILES string of the molecule is Cc1nc(CC(=O)CC23CC4CC(CC(C4)C2)C3)cs1. The topological polar surface area (TPSA) is 30.0 Å². The Morgan fingerprint density at radius 3 is 2.35 bits per heavy atom. The average Bonchev–Trinajstić information content (AvgIpc) is 2.71. The van der Waals surface area contributed by atoms with Crippen LogP contribution < -0.4 is 0 Å². The molecule has 0 radical (unpaired) electrons. The van der Waals surface area contributed by atoms with E-state index in [2.05, 4.69) is 4.98 Å². The average molecular weight is 289 g/mol. The summed E-state index contributed by atoms with van der Waals surface area (Å²) in [5.41, 5.74) is 1.37. The van der Waals surface area contributed by atoms with Gasteiger partial charge in [-0.15, -0.1) is 11.3 Å². The molecule has 0 aromatic carbocycles. The van der Waals surface area contributed by atoms with Crippen molar-refractivity contribution in [2.75, 3.05) is 0 Å². The fourth-order valence-electron chi connectivity index (χ4n) is 5.68. The fourth-order valence-corrected chi connectivity index (χ4v) is 6.29. The molecule has 0 amide bonds. The fraction of sp³-hybridized carbons (Fsp3) is 0.765. The predicted molar refractivity (Wildman–Crippen MR) is 80.8 cm³/mol. The Kier molecular flexibility index (Phi) is 3.03. The summed E-state index contributed by atoms with van der Waals surface area (Å²) in [6.45, 7) is 2.01. The van der Waals surface area contributed by atoms with Gasteiger partial charge in [-0.2, -0.15) is 0 Å². The molecule has 0 saturated heterocycles. The number of hydrogen-bond donors (Lipinski definition) is 0. The lowest BCUT2D eigenvalue weighted by molar-refractivity contribution is -0.126. The van der Waals surface area contributed by atoms with Crippen molar-refractivity contribution in [1.29, 1.82) is 0 Å². The molecule has 5 rings (SSSR count). The Hall–Kier alpha value is -0.700. The van der Waals surface area contributed by atoms with Crippen LogP contribution >= 0.6 is 11.3 Å². The zero-order chi connectivity index (χ0) is 13.7. The summed E-state index contributed by atoms with van der Waals surface area (Å²) < 4.78 is 0. The number of aromatic nitrogens is 1. The van der Waals surface area contributed by atoms with Gasteiger partial charge in [0, 0.05) is 18.2 Å². The van der Waals surface area contributed by atoms with Gasteiger partial charge in [0.2, 0.25) is 0 Å². The number of hydrogen-bond acceptors (Lipinski definition) is 3. The second-order valence-corrected chi connectivity index (χ2v) is 8.73. The van der Waals surface area contributed by atoms with Crippen LogP contribution in [0.25, 0.3) is 0 Å². The highest BCUT2D eigenvalue weighted by molar-refractivity contribution is 7.09. The maximum atomic E-state index is 12.5. The minimum absolute atomic E-state index is 0.386. The maximum absolute atomic E-state index is 12.5. The van der Waals surface area contributed by atoms with Gasteiger partial charge in [0.1, 0.15) is 5.78 Å². The first-order valence-corrected chi connectivity index (χ1v) is 8.91. The van der Waals surface area contributed by atoms with Crippen molar-refractivity contribution >= 4 is 17.1 Å². The first-order chi connectivity index (χ1) is 9.60.